The van der Waals surface area contributed by atoms with Gasteiger partial charge in [0.15, 0.2) is 5.65 Å². The number of rotatable bonds is 2. The van der Waals surface area contributed by atoms with Crippen molar-refractivity contribution < 1.29 is 12.8 Å². The zero-order chi connectivity index (χ0) is 14.3. The Labute approximate surface area is 123 Å². The lowest BCUT2D eigenvalue weighted by Crippen LogP contribution is -2.12. The van der Waals surface area contributed by atoms with Gasteiger partial charge in [-0.25, -0.2) is 21.8 Å². The van der Waals surface area contributed by atoms with Crippen molar-refractivity contribution in [3.05, 3.63) is 59.1 Å². The Bertz CT molecular complexity index is 906. The maximum Gasteiger partial charge on any atom is 0.269 e. The average molecular weight is 355 g/mol. The van der Waals surface area contributed by atoms with Crippen molar-refractivity contribution in [3.8, 4) is 0 Å². The minimum Gasteiger partial charge on any atom is -0.224 e. The molecule has 0 atom stereocenters. The van der Waals surface area contributed by atoms with E-state index in [0.717, 1.165) is 10.0 Å². The molecule has 0 radical (unpaired) electrons. The van der Waals surface area contributed by atoms with E-state index in [4.69, 9.17) is 0 Å². The van der Waals surface area contributed by atoms with Crippen LogP contribution in [0.15, 0.2) is 58.2 Å². The molecule has 0 saturated heterocycles. The van der Waals surface area contributed by atoms with Crippen LogP contribution >= 0.6 is 15.9 Å². The first kappa shape index (κ1) is 13.3. The lowest BCUT2D eigenvalue weighted by atomic mass is 10.3. The molecule has 0 fully saturated rings. The summed E-state index contributed by atoms with van der Waals surface area (Å²) in [7, 11) is -3.87. The van der Waals surface area contributed by atoms with Gasteiger partial charge in [-0.3, -0.25) is 0 Å². The lowest BCUT2D eigenvalue weighted by molar-refractivity contribution is 0.584. The summed E-state index contributed by atoms with van der Waals surface area (Å²) in [6.07, 6.45) is 1.41. The second-order valence-electron chi connectivity index (χ2n) is 4.12. The molecular weight excluding hydrogens is 347 g/mol. The van der Waals surface area contributed by atoms with Gasteiger partial charge < -0.3 is 0 Å². The van der Waals surface area contributed by atoms with Gasteiger partial charge in [-0.05, 0) is 52.3 Å². The highest BCUT2D eigenvalue weighted by Crippen LogP contribution is 2.22. The van der Waals surface area contributed by atoms with Gasteiger partial charge in [0.05, 0.1) is 4.90 Å². The van der Waals surface area contributed by atoms with Crippen LogP contribution in [0, 0.1) is 5.82 Å². The molecule has 7 heteroatoms. The minimum absolute atomic E-state index is 0.114. The van der Waals surface area contributed by atoms with E-state index in [0.29, 0.717) is 15.6 Å². The Balaban J connectivity index is 2.26. The summed E-state index contributed by atoms with van der Waals surface area (Å²) in [5, 5.41) is 0.688. The fourth-order valence-electron chi connectivity index (χ4n) is 1.90. The molecule has 2 aromatic heterocycles. The molecule has 102 valence electrons. The molecular formula is C13H8BrFN2O2S. The van der Waals surface area contributed by atoms with Crippen molar-refractivity contribution in [2.75, 3.05) is 0 Å². The molecule has 20 heavy (non-hydrogen) atoms. The van der Waals surface area contributed by atoms with Gasteiger partial charge >= 0.3 is 0 Å². The Morgan fingerprint density at radius 3 is 2.70 bits per heavy atom. The monoisotopic (exact) mass is 354 g/mol. The van der Waals surface area contributed by atoms with Gasteiger partial charge in [-0.2, -0.15) is 0 Å². The molecule has 0 aliphatic rings. The Hall–Kier alpha value is -1.73. The van der Waals surface area contributed by atoms with E-state index in [1.807, 2.05) is 0 Å². The number of pyridine rings is 1. The maximum atomic E-state index is 13.2. The van der Waals surface area contributed by atoms with E-state index in [1.54, 1.807) is 18.2 Å². The molecule has 0 bridgehead atoms. The predicted molar refractivity (Wildman–Crippen MR) is 76.4 cm³/mol. The van der Waals surface area contributed by atoms with Gasteiger partial charge in [0, 0.05) is 11.6 Å². The molecule has 3 aromatic rings. The zero-order valence-corrected chi connectivity index (χ0v) is 12.4. The van der Waals surface area contributed by atoms with Gasteiger partial charge in [0.1, 0.15) is 10.4 Å². The van der Waals surface area contributed by atoms with E-state index < -0.39 is 15.8 Å². The van der Waals surface area contributed by atoms with Gasteiger partial charge in [-0.1, -0.05) is 6.07 Å². The molecule has 0 aliphatic heterocycles. The third-order valence-corrected chi connectivity index (χ3v) is 4.93. The minimum atomic E-state index is -3.87. The summed E-state index contributed by atoms with van der Waals surface area (Å²) >= 11 is 3.21. The van der Waals surface area contributed by atoms with Crippen molar-refractivity contribution in [2.45, 2.75) is 4.90 Å². The van der Waals surface area contributed by atoms with Crippen molar-refractivity contribution >= 4 is 37.0 Å². The van der Waals surface area contributed by atoms with Crippen LogP contribution in [0.1, 0.15) is 0 Å². The van der Waals surface area contributed by atoms with Crippen LogP contribution in [0.4, 0.5) is 4.39 Å². The van der Waals surface area contributed by atoms with Crippen LogP contribution in [-0.4, -0.2) is 17.4 Å². The number of hydrogen-bond donors (Lipinski definition) is 0. The lowest BCUT2D eigenvalue weighted by Gasteiger charge is -2.07. The van der Waals surface area contributed by atoms with Crippen LogP contribution < -0.4 is 0 Å². The first-order valence-corrected chi connectivity index (χ1v) is 7.86. The van der Waals surface area contributed by atoms with Gasteiger partial charge in [0.25, 0.3) is 10.0 Å². The van der Waals surface area contributed by atoms with Crippen LogP contribution in [0.5, 0.6) is 0 Å². The van der Waals surface area contributed by atoms with Gasteiger partial charge in [0.2, 0.25) is 0 Å². The van der Waals surface area contributed by atoms with Crippen molar-refractivity contribution in [2.24, 2.45) is 0 Å². The summed E-state index contributed by atoms with van der Waals surface area (Å²) < 4.78 is 39.8. The number of hydrogen-bond acceptors (Lipinski definition) is 3. The first-order valence-electron chi connectivity index (χ1n) is 5.63. The molecule has 0 unspecified atom stereocenters. The smallest absolute Gasteiger partial charge is 0.224 e. The number of halogens is 2. The number of nitrogens with zero attached hydrogens (tertiary/aromatic N) is 2. The van der Waals surface area contributed by atoms with Crippen molar-refractivity contribution in [1.82, 2.24) is 8.96 Å². The van der Waals surface area contributed by atoms with Crippen LogP contribution in [-0.2, 0) is 10.0 Å². The fraction of sp³-hybridized carbons (Fsp3) is 0. The third-order valence-electron chi connectivity index (χ3n) is 2.82. The van der Waals surface area contributed by atoms with Gasteiger partial charge in [-0.15, -0.1) is 0 Å². The second-order valence-corrected chi connectivity index (χ2v) is 6.75. The second kappa shape index (κ2) is 4.68. The number of fused-ring (bicyclic) bond motifs is 1. The van der Waals surface area contributed by atoms with E-state index in [-0.39, 0.29) is 4.90 Å². The molecule has 4 nitrogen and oxygen atoms in total. The van der Waals surface area contributed by atoms with E-state index in [1.165, 1.54) is 24.4 Å². The summed E-state index contributed by atoms with van der Waals surface area (Å²) in [5.41, 5.74) is 0.295. The number of aromatic nitrogens is 2. The Morgan fingerprint density at radius 1 is 1.15 bits per heavy atom. The predicted octanol–water partition coefficient (Wildman–Crippen LogP) is 3.17. The standard InChI is InChI=1S/C13H8BrFN2O2S/c14-12-5-4-9-6-7-17(13(9)16-12)20(18,19)11-3-1-2-10(15)8-11/h1-8H. The summed E-state index contributed by atoms with van der Waals surface area (Å²) in [6.45, 7) is 0. The summed E-state index contributed by atoms with van der Waals surface area (Å²) in [4.78, 5) is 4.04. The normalized spacial score (nSPS) is 11.9. The van der Waals surface area contributed by atoms with E-state index in [2.05, 4.69) is 20.9 Å². The number of benzene rings is 1. The molecule has 0 aliphatic carbocycles. The van der Waals surface area contributed by atoms with Crippen LogP contribution in [0.25, 0.3) is 11.0 Å². The molecule has 3 rings (SSSR count). The topological polar surface area (TPSA) is 52.0 Å². The highest BCUT2D eigenvalue weighted by molar-refractivity contribution is 9.10. The molecule has 0 saturated carbocycles. The quantitative estimate of drug-likeness (QED) is 0.664. The SMILES string of the molecule is O=S(=O)(c1cccc(F)c1)n1ccc2ccc(Br)nc21. The first-order chi connectivity index (χ1) is 9.48. The average Bonchev–Trinajstić information content (AvgIpc) is 2.82. The van der Waals surface area contributed by atoms with Crippen molar-refractivity contribution in [1.29, 1.82) is 0 Å². The molecule has 0 amide bonds. The van der Waals surface area contributed by atoms with Crippen LogP contribution in [0.3, 0.4) is 0 Å². The highest BCUT2D eigenvalue weighted by Gasteiger charge is 2.20. The Kier molecular flexibility index (Phi) is 3.10. The maximum absolute atomic E-state index is 13.2. The third kappa shape index (κ3) is 2.12. The van der Waals surface area contributed by atoms with E-state index >= 15 is 0 Å². The van der Waals surface area contributed by atoms with E-state index in [9.17, 15) is 12.8 Å². The molecule has 0 spiro atoms. The largest absolute Gasteiger partial charge is 0.269 e. The summed E-state index contributed by atoms with van der Waals surface area (Å²) in [6, 6.07) is 10.0. The Morgan fingerprint density at radius 2 is 1.95 bits per heavy atom. The summed E-state index contributed by atoms with van der Waals surface area (Å²) in [5.74, 6) is -0.600. The van der Waals surface area contributed by atoms with Crippen molar-refractivity contribution in [3.63, 3.8) is 0 Å². The fourth-order valence-corrected chi connectivity index (χ4v) is 3.53. The molecule has 1 aromatic carbocycles. The molecule has 0 N–H and O–H groups in total. The van der Waals surface area contributed by atoms with Crippen LogP contribution in [0.2, 0.25) is 0 Å². The molecule has 2 heterocycles. The highest BCUT2D eigenvalue weighted by atomic mass is 79.9. The zero-order valence-electron chi connectivity index (χ0n) is 9.99.